The van der Waals surface area contributed by atoms with Crippen molar-refractivity contribution >= 4 is 34.8 Å². The summed E-state index contributed by atoms with van der Waals surface area (Å²) < 4.78 is 22.2. The van der Waals surface area contributed by atoms with Gasteiger partial charge in [0.25, 0.3) is 5.78 Å². The highest BCUT2D eigenvalue weighted by Crippen LogP contribution is 2.26. The van der Waals surface area contributed by atoms with Gasteiger partial charge in [-0.05, 0) is 52.1 Å². The highest BCUT2D eigenvalue weighted by atomic mass is 32.2. The number of morpholine rings is 1. The molecule has 3 aromatic rings. The van der Waals surface area contributed by atoms with E-state index in [1.165, 1.54) is 17.8 Å². The first-order valence-corrected chi connectivity index (χ1v) is 11.7. The summed E-state index contributed by atoms with van der Waals surface area (Å²) in [5.74, 6) is -0.104. The smallest absolute Gasteiger partial charge is 0.253 e. The monoisotopic (exact) mass is 458 g/mol. The van der Waals surface area contributed by atoms with Crippen molar-refractivity contribution in [2.24, 2.45) is 0 Å². The molecule has 0 bridgehead atoms. The molecule has 0 saturated carbocycles. The molecule has 3 heterocycles. The first kappa shape index (κ1) is 22.5. The number of carbonyl (C=O) groups is 1. The van der Waals surface area contributed by atoms with Gasteiger partial charge in [0, 0.05) is 35.7 Å². The third-order valence-corrected chi connectivity index (χ3v) is 6.08. The van der Waals surface area contributed by atoms with Gasteiger partial charge in [0.2, 0.25) is 11.1 Å². The Balaban J connectivity index is 1.49. The van der Waals surface area contributed by atoms with Gasteiger partial charge < -0.3 is 15.0 Å². The molecular formula is C22H27FN6O2S. The number of rotatable bonds is 5. The molecule has 170 valence electrons. The number of hydrogen-bond donors (Lipinski definition) is 1. The maximum absolute atomic E-state index is 14.8. The van der Waals surface area contributed by atoms with Crippen molar-refractivity contribution in [3.05, 3.63) is 41.0 Å². The van der Waals surface area contributed by atoms with Gasteiger partial charge in [0.05, 0.1) is 24.3 Å². The number of carbonyl (C=O) groups excluding carboxylic acids is 1. The zero-order valence-corrected chi connectivity index (χ0v) is 19.7. The Morgan fingerprint density at radius 2 is 1.97 bits per heavy atom. The minimum absolute atomic E-state index is 0.0342. The van der Waals surface area contributed by atoms with Crippen LogP contribution >= 0.6 is 11.8 Å². The van der Waals surface area contributed by atoms with Crippen molar-refractivity contribution < 1.29 is 13.9 Å². The summed E-state index contributed by atoms with van der Waals surface area (Å²) in [5, 5.41) is 7.84. The standard InChI is InChI=1S/C22H27FN6O2S/c1-12-10-28(11-13(2)31-12)19-7-6-16(8-18(19)23)25-20(30)9-17-14(3)24-21-26-22(32-5)27-29(21)15(17)4/h6-8,12-13H,9-11H2,1-5H3,(H,25,30). The Hall–Kier alpha value is -2.72. The average Bonchev–Trinajstić information content (AvgIpc) is 3.13. The molecular weight excluding hydrogens is 431 g/mol. The lowest BCUT2D eigenvalue weighted by molar-refractivity contribution is -0.115. The fourth-order valence-electron chi connectivity index (χ4n) is 4.11. The van der Waals surface area contributed by atoms with Crippen LogP contribution in [0.1, 0.15) is 30.8 Å². The molecule has 8 nitrogen and oxygen atoms in total. The van der Waals surface area contributed by atoms with Crippen molar-refractivity contribution in [1.82, 2.24) is 19.6 Å². The highest BCUT2D eigenvalue weighted by Gasteiger charge is 2.24. The quantitative estimate of drug-likeness (QED) is 0.587. The van der Waals surface area contributed by atoms with E-state index >= 15 is 0 Å². The average molecular weight is 459 g/mol. The van der Waals surface area contributed by atoms with Crippen LogP contribution in [-0.2, 0) is 16.0 Å². The number of nitrogens with zero attached hydrogens (tertiary/aromatic N) is 5. The second-order valence-corrected chi connectivity index (χ2v) is 8.90. The van der Waals surface area contributed by atoms with Crippen LogP contribution in [0.15, 0.2) is 23.4 Å². The molecule has 32 heavy (non-hydrogen) atoms. The maximum atomic E-state index is 14.8. The minimum atomic E-state index is -0.369. The summed E-state index contributed by atoms with van der Waals surface area (Å²) in [5.41, 5.74) is 3.25. The predicted octanol–water partition coefficient (Wildman–Crippen LogP) is 3.40. The highest BCUT2D eigenvalue weighted by molar-refractivity contribution is 7.98. The molecule has 1 amide bonds. The lowest BCUT2D eigenvalue weighted by Crippen LogP contribution is -2.45. The Morgan fingerprint density at radius 1 is 1.25 bits per heavy atom. The Morgan fingerprint density at radius 3 is 2.62 bits per heavy atom. The van der Waals surface area contributed by atoms with Crippen LogP contribution in [0.2, 0.25) is 0 Å². The largest absolute Gasteiger partial charge is 0.372 e. The molecule has 1 aromatic carbocycles. The van der Waals surface area contributed by atoms with Crippen LogP contribution in [0.5, 0.6) is 0 Å². The fourth-order valence-corrected chi connectivity index (χ4v) is 4.45. The SMILES string of the molecule is CSc1nc2nc(C)c(CC(=O)Nc3ccc(N4CC(C)OC(C)C4)c(F)c3)c(C)n2n1. The molecule has 4 rings (SSSR count). The minimum Gasteiger partial charge on any atom is -0.372 e. The van der Waals surface area contributed by atoms with E-state index in [0.29, 0.717) is 35.4 Å². The lowest BCUT2D eigenvalue weighted by Gasteiger charge is -2.37. The number of hydrogen-bond acceptors (Lipinski definition) is 7. The number of thioether (sulfide) groups is 1. The molecule has 1 saturated heterocycles. The topological polar surface area (TPSA) is 84.7 Å². The molecule has 1 aliphatic rings. The molecule has 2 atom stereocenters. The number of benzene rings is 1. The van der Waals surface area contributed by atoms with Crippen molar-refractivity contribution in [2.45, 2.75) is 51.5 Å². The van der Waals surface area contributed by atoms with Gasteiger partial charge in [-0.1, -0.05) is 11.8 Å². The van der Waals surface area contributed by atoms with Gasteiger partial charge in [-0.3, -0.25) is 4.79 Å². The summed E-state index contributed by atoms with van der Waals surface area (Å²) >= 11 is 1.44. The lowest BCUT2D eigenvalue weighted by atomic mass is 10.1. The number of halogens is 1. The summed E-state index contributed by atoms with van der Waals surface area (Å²) in [4.78, 5) is 23.5. The number of anilines is 2. The first-order valence-electron chi connectivity index (χ1n) is 10.5. The molecule has 2 aromatic heterocycles. The summed E-state index contributed by atoms with van der Waals surface area (Å²) in [6.45, 7) is 8.95. The Bertz CT molecular complexity index is 1160. The van der Waals surface area contributed by atoms with E-state index in [4.69, 9.17) is 4.74 Å². The second-order valence-electron chi connectivity index (χ2n) is 8.12. The van der Waals surface area contributed by atoms with Gasteiger partial charge in [0.1, 0.15) is 5.82 Å². The number of aryl methyl sites for hydroxylation is 2. The van der Waals surface area contributed by atoms with Crippen molar-refractivity contribution in [2.75, 3.05) is 29.6 Å². The molecule has 1 fully saturated rings. The molecule has 1 N–H and O–H groups in total. The first-order chi connectivity index (χ1) is 15.2. The number of amides is 1. The number of nitrogens with one attached hydrogen (secondary N) is 1. The van der Waals surface area contributed by atoms with Crippen LogP contribution in [0.3, 0.4) is 0 Å². The van der Waals surface area contributed by atoms with Crippen LogP contribution in [0.25, 0.3) is 5.78 Å². The molecule has 0 spiro atoms. The number of fused-ring (bicyclic) bond motifs is 1. The predicted molar refractivity (Wildman–Crippen MR) is 123 cm³/mol. The van der Waals surface area contributed by atoms with Crippen molar-refractivity contribution in [1.29, 1.82) is 0 Å². The molecule has 0 radical (unpaired) electrons. The normalized spacial score (nSPS) is 18.9. The second kappa shape index (κ2) is 9.03. The molecule has 0 aliphatic carbocycles. The summed E-state index contributed by atoms with van der Waals surface area (Å²) in [7, 11) is 0. The van der Waals surface area contributed by atoms with Gasteiger partial charge in [-0.15, -0.1) is 5.10 Å². The molecule has 10 heteroatoms. The van der Waals surface area contributed by atoms with Crippen LogP contribution in [0, 0.1) is 19.7 Å². The van der Waals surface area contributed by atoms with Crippen molar-refractivity contribution in [3.63, 3.8) is 0 Å². The zero-order valence-electron chi connectivity index (χ0n) is 18.8. The van der Waals surface area contributed by atoms with E-state index in [1.54, 1.807) is 16.6 Å². The number of aromatic nitrogens is 4. The van der Waals surface area contributed by atoms with E-state index in [0.717, 1.165) is 17.0 Å². The maximum Gasteiger partial charge on any atom is 0.253 e. The van der Waals surface area contributed by atoms with Crippen LogP contribution in [-0.4, -0.2) is 57.0 Å². The van der Waals surface area contributed by atoms with Gasteiger partial charge in [-0.25, -0.2) is 13.9 Å². The van der Waals surface area contributed by atoms with Gasteiger partial charge in [-0.2, -0.15) is 4.98 Å². The van der Waals surface area contributed by atoms with E-state index in [2.05, 4.69) is 20.4 Å². The van der Waals surface area contributed by atoms with E-state index in [1.807, 2.05) is 38.9 Å². The summed E-state index contributed by atoms with van der Waals surface area (Å²) in [6, 6.07) is 4.80. The molecule has 1 aliphatic heterocycles. The Labute approximate surface area is 190 Å². The van der Waals surface area contributed by atoms with Gasteiger partial charge in [0.15, 0.2) is 0 Å². The van der Waals surface area contributed by atoms with E-state index < -0.39 is 0 Å². The third-order valence-electron chi connectivity index (χ3n) is 5.54. The van der Waals surface area contributed by atoms with Crippen LogP contribution < -0.4 is 10.2 Å². The Kier molecular flexibility index (Phi) is 6.34. The fraction of sp³-hybridized carbons (Fsp3) is 0.455. The summed E-state index contributed by atoms with van der Waals surface area (Å²) in [6.07, 6.45) is 2.08. The van der Waals surface area contributed by atoms with Gasteiger partial charge >= 0.3 is 0 Å². The van der Waals surface area contributed by atoms with Crippen LogP contribution in [0.4, 0.5) is 15.8 Å². The third kappa shape index (κ3) is 4.56. The van der Waals surface area contributed by atoms with E-state index in [-0.39, 0.29) is 30.4 Å². The zero-order chi connectivity index (χ0) is 23.0. The van der Waals surface area contributed by atoms with E-state index in [9.17, 15) is 9.18 Å². The van der Waals surface area contributed by atoms with Crippen molar-refractivity contribution in [3.8, 4) is 0 Å². The molecule has 2 unspecified atom stereocenters. The number of ether oxygens (including phenoxy) is 1.